The van der Waals surface area contributed by atoms with Crippen molar-refractivity contribution in [1.29, 1.82) is 0 Å². The van der Waals surface area contributed by atoms with E-state index in [9.17, 15) is 5.11 Å². The number of nitrogens with zero attached hydrogens (tertiary/aromatic N) is 4. The normalized spacial score (nSPS) is 13.1. The first-order valence-electron chi connectivity index (χ1n) is 5.02. The van der Waals surface area contributed by atoms with Gasteiger partial charge in [-0.15, -0.1) is 0 Å². The Kier molecular flexibility index (Phi) is 3.07. The molecule has 2 heterocycles. The molecule has 0 saturated heterocycles. The molecule has 0 radical (unpaired) electrons. The summed E-state index contributed by atoms with van der Waals surface area (Å²) >= 11 is 0. The molecule has 0 aromatic carbocycles. The monoisotopic (exact) mass is 238 g/mol. The Morgan fingerprint density at radius 3 is 2.94 bits per heavy atom. The van der Waals surface area contributed by atoms with E-state index in [1.807, 2.05) is 0 Å². The van der Waals surface area contributed by atoms with Crippen LogP contribution in [-0.2, 0) is 11.3 Å². The highest BCUT2D eigenvalue weighted by Crippen LogP contribution is 2.16. The van der Waals surface area contributed by atoms with Crippen molar-refractivity contribution >= 4 is 22.9 Å². The molecular weight excluding hydrogens is 224 g/mol. The van der Waals surface area contributed by atoms with Gasteiger partial charge >= 0.3 is 0 Å². The van der Waals surface area contributed by atoms with Crippen molar-refractivity contribution in [3.63, 3.8) is 0 Å². The lowest BCUT2D eigenvalue weighted by Crippen LogP contribution is -2.21. The highest BCUT2D eigenvalue weighted by atomic mass is 16.5. The fourth-order valence-corrected chi connectivity index (χ4v) is 1.59. The Labute approximate surface area is 97.2 Å². The van der Waals surface area contributed by atoms with Crippen LogP contribution in [0.2, 0.25) is 0 Å². The van der Waals surface area contributed by atoms with Gasteiger partial charge in [-0.2, -0.15) is 9.97 Å². The van der Waals surface area contributed by atoms with Crippen LogP contribution in [-0.4, -0.2) is 44.4 Å². The molecular formula is C9H14N6O2. The van der Waals surface area contributed by atoms with Crippen molar-refractivity contribution in [1.82, 2.24) is 19.5 Å². The van der Waals surface area contributed by atoms with Gasteiger partial charge in [0.2, 0.25) is 5.95 Å². The number of imidazole rings is 1. The van der Waals surface area contributed by atoms with Gasteiger partial charge in [0, 0.05) is 7.11 Å². The number of aromatic nitrogens is 4. The Morgan fingerprint density at radius 2 is 2.24 bits per heavy atom. The Hall–Kier alpha value is -1.93. The van der Waals surface area contributed by atoms with Gasteiger partial charge in [-0.25, -0.2) is 4.98 Å². The number of nitrogen functional groups attached to an aromatic ring is 2. The number of fused-ring (bicyclic) bond motifs is 1. The molecule has 0 unspecified atom stereocenters. The van der Waals surface area contributed by atoms with E-state index in [1.165, 1.54) is 13.4 Å². The maximum Gasteiger partial charge on any atom is 0.224 e. The van der Waals surface area contributed by atoms with Crippen LogP contribution in [0.15, 0.2) is 6.33 Å². The van der Waals surface area contributed by atoms with Gasteiger partial charge in [0.15, 0.2) is 11.5 Å². The summed E-state index contributed by atoms with van der Waals surface area (Å²) in [6, 6.07) is 0. The van der Waals surface area contributed by atoms with Crippen LogP contribution in [0.4, 0.5) is 11.8 Å². The van der Waals surface area contributed by atoms with Crippen LogP contribution < -0.4 is 11.5 Å². The molecule has 0 amide bonds. The number of hydrogen-bond acceptors (Lipinski definition) is 7. The number of methoxy groups -OCH3 is 1. The number of anilines is 2. The molecule has 0 fully saturated rings. The molecule has 2 aromatic rings. The highest BCUT2D eigenvalue weighted by Gasteiger charge is 2.12. The molecule has 0 bridgehead atoms. The largest absolute Gasteiger partial charge is 0.389 e. The Morgan fingerprint density at radius 1 is 1.47 bits per heavy atom. The average molecular weight is 238 g/mol. The third-order valence-corrected chi connectivity index (χ3v) is 2.27. The number of aliphatic hydroxyl groups is 1. The first kappa shape index (κ1) is 11.6. The van der Waals surface area contributed by atoms with Crippen LogP contribution in [0.5, 0.6) is 0 Å². The predicted molar refractivity (Wildman–Crippen MR) is 62.0 cm³/mol. The molecule has 8 heteroatoms. The maximum absolute atomic E-state index is 9.64. The van der Waals surface area contributed by atoms with Crippen LogP contribution in [0, 0.1) is 0 Å². The van der Waals surface area contributed by atoms with Crippen LogP contribution >= 0.6 is 0 Å². The van der Waals surface area contributed by atoms with Gasteiger partial charge in [0.05, 0.1) is 25.6 Å². The quantitative estimate of drug-likeness (QED) is 0.623. The average Bonchev–Trinajstić information content (AvgIpc) is 2.62. The number of hydrogen-bond donors (Lipinski definition) is 3. The lowest BCUT2D eigenvalue weighted by molar-refractivity contribution is 0.0543. The molecule has 92 valence electrons. The van der Waals surface area contributed by atoms with Gasteiger partial charge in [0.1, 0.15) is 5.52 Å². The minimum atomic E-state index is -0.644. The van der Waals surface area contributed by atoms with Crippen LogP contribution in [0.1, 0.15) is 0 Å². The van der Waals surface area contributed by atoms with Crippen molar-refractivity contribution < 1.29 is 9.84 Å². The first-order valence-corrected chi connectivity index (χ1v) is 5.02. The summed E-state index contributed by atoms with van der Waals surface area (Å²) in [5.41, 5.74) is 12.2. The molecule has 5 N–H and O–H groups in total. The molecule has 1 atom stereocenters. The van der Waals surface area contributed by atoms with E-state index in [0.717, 1.165) is 0 Å². The molecule has 2 rings (SSSR count). The number of nitrogens with two attached hydrogens (primary N) is 2. The fourth-order valence-electron chi connectivity index (χ4n) is 1.59. The van der Waals surface area contributed by atoms with Crippen LogP contribution in [0.3, 0.4) is 0 Å². The van der Waals surface area contributed by atoms with E-state index in [2.05, 4.69) is 15.0 Å². The molecule has 2 aromatic heterocycles. The van der Waals surface area contributed by atoms with E-state index >= 15 is 0 Å². The highest BCUT2D eigenvalue weighted by molar-refractivity contribution is 5.82. The number of rotatable bonds is 4. The third-order valence-electron chi connectivity index (χ3n) is 2.27. The SMILES string of the molecule is COC[C@@H](O)Cn1cnc2c(N)nc(N)nc21. The molecule has 0 aliphatic heterocycles. The van der Waals surface area contributed by atoms with E-state index in [0.29, 0.717) is 17.7 Å². The van der Waals surface area contributed by atoms with Gasteiger partial charge in [-0.05, 0) is 0 Å². The fraction of sp³-hybridized carbons (Fsp3) is 0.444. The zero-order valence-corrected chi connectivity index (χ0v) is 9.37. The Balaban J connectivity index is 2.35. The van der Waals surface area contributed by atoms with Gasteiger partial charge < -0.3 is 25.9 Å². The minimum absolute atomic E-state index is 0.0815. The lowest BCUT2D eigenvalue weighted by Gasteiger charge is -2.10. The number of aliphatic hydroxyl groups excluding tert-OH is 1. The zero-order chi connectivity index (χ0) is 12.4. The van der Waals surface area contributed by atoms with E-state index in [-0.39, 0.29) is 18.4 Å². The van der Waals surface area contributed by atoms with Crippen molar-refractivity contribution in [2.75, 3.05) is 25.2 Å². The zero-order valence-electron chi connectivity index (χ0n) is 9.37. The Bertz CT molecular complexity index is 525. The van der Waals surface area contributed by atoms with Gasteiger partial charge in [0.25, 0.3) is 0 Å². The topological polar surface area (TPSA) is 125 Å². The lowest BCUT2D eigenvalue weighted by atomic mass is 10.3. The number of ether oxygens (including phenoxy) is 1. The summed E-state index contributed by atoms with van der Waals surface area (Å²) in [4.78, 5) is 11.9. The molecule has 8 nitrogen and oxygen atoms in total. The maximum atomic E-state index is 9.64. The second-order valence-corrected chi connectivity index (χ2v) is 3.65. The standard InChI is InChI=1S/C9H14N6O2/c1-17-3-5(16)2-15-4-12-6-7(10)13-9(11)14-8(6)15/h4-5,16H,2-3H2,1H3,(H4,10,11,13,14)/t5-/m0/s1. The van der Waals surface area contributed by atoms with Crippen molar-refractivity contribution in [3.05, 3.63) is 6.33 Å². The third kappa shape index (κ3) is 2.27. The summed E-state index contributed by atoms with van der Waals surface area (Å²) in [5, 5.41) is 9.64. The van der Waals surface area contributed by atoms with E-state index < -0.39 is 6.10 Å². The van der Waals surface area contributed by atoms with E-state index in [4.69, 9.17) is 16.2 Å². The van der Waals surface area contributed by atoms with Crippen molar-refractivity contribution in [2.24, 2.45) is 0 Å². The summed E-state index contributed by atoms with van der Waals surface area (Å²) in [6.45, 7) is 0.538. The predicted octanol–water partition coefficient (Wildman–Crippen LogP) is -1.00. The second-order valence-electron chi connectivity index (χ2n) is 3.65. The molecule has 0 saturated carbocycles. The summed E-state index contributed by atoms with van der Waals surface area (Å²) in [5.74, 6) is 0.311. The first-order chi connectivity index (χ1) is 8.11. The van der Waals surface area contributed by atoms with Crippen molar-refractivity contribution in [3.8, 4) is 0 Å². The summed E-state index contributed by atoms with van der Waals surface area (Å²) < 4.78 is 6.51. The molecule has 17 heavy (non-hydrogen) atoms. The van der Waals surface area contributed by atoms with Crippen LogP contribution in [0.25, 0.3) is 11.2 Å². The van der Waals surface area contributed by atoms with Crippen molar-refractivity contribution in [2.45, 2.75) is 12.6 Å². The van der Waals surface area contributed by atoms with Gasteiger partial charge in [-0.1, -0.05) is 0 Å². The second kappa shape index (κ2) is 4.52. The summed E-state index contributed by atoms with van der Waals surface area (Å²) in [6.07, 6.45) is 0.892. The van der Waals surface area contributed by atoms with E-state index in [1.54, 1.807) is 4.57 Å². The molecule has 0 spiro atoms. The molecule has 0 aliphatic rings. The summed E-state index contributed by atoms with van der Waals surface area (Å²) in [7, 11) is 1.52. The van der Waals surface area contributed by atoms with Gasteiger partial charge in [-0.3, -0.25) is 0 Å². The smallest absolute Gasteiger partial charge is 0.224 e. The minimum Gasteiger partial charge on any atom is -0.389 e. The molecule has 0 aliphatic carbocycles.